The molecule has 1 aromatic carbocycles. The first-order valence-electron chi connectivity index (χ1n) is 8.46. The van der Waals surface area contributed by atoms with Crippen LogP contribution >= 0.6 is 23.2 Å². The largest absolute Gasteiger partial charge is 0.309 e. The summed E-state index contributed by atoms with van der Waals surface area (Å²) in [5, 5.41) is 8.18. The van der Waals surface area contributed by atoms with Crippen LogP contribution in [0, 0.1) is 5.92 Å². The number of amides is 1. The van der Waals surface area contributed by atoms with Crippen molar-refractivity contribution in [2.45, 2.75) is 19.4 Å². The molecular weight excluding hydrogens is 411 g/mol. The van der Waals surface area contributed by atoms with Gasteiger partial charge in [0.25, 0.3) is 0 Å². The molecule has 0 spiro atoms. The fourth-order valence-corrected chi connectivity index (χ4v) is 4.48. The second-order valence-electron chi connectivity index (χ2n) is 6.55. The van der Waals surface area contributed by atoms with Gasteiger partial charge >= 0.3 is 0 Å². The predicted octanol–water partition coefficient (Wildman–Crippen LogP) is 2.85. The summed E-state index contributed by atoms with van der Waals surface area (Å²) >= 11 is 12.3. The maximum atomic E-state index is 12.5. The number of carbonyl (C=O) groups excluding carboxylic acids is 1. The summed E-state index contributed by atoms with van der Waals surface area (Å²) < 4.78 is 26.4. The third kappa shape index (κ3) is 5.01. The van der Waals surface area contributed by atoms with Crippen molar-refractivity contribution in [3.05, 3.63) is 46.1 Å². The highest BCUT2D eigenvalue weighted by Gasteiger charge is 2.30. The van der Waals surface area contributed by atoms with E-state index in [2.05, 4.69) is 10.4 Å². The number of rotatable bonds is 5. The predicted molar refractivity (Wildman–Crippen MR) is 106 cm³/mol. The minimum absolute atomic E-state index is 0.195. The molecule has 1 aliphatic rings. The van der Waals surface area contributed by atoms with Crippen LogP contribution in [0.1, 0.15) is 18.4 Å². The van der Waals surface area contributed by atoms with E-state index in [1.165, 1.54) is 4.31 Å². The number of benzene rings is 1. The fraction of sp³-hybridized carbons (Fsp3) is 0.412. The minimum Gasteiger partial charge on any atom is -0.309 e. The molecule has 2 heterocycles. The molecule has 27 heavy (non-hydrogen) atoms. The molecule has 1 fully saturated rings. The quantitative estimate of drug-likeness (QED) is 0.789. The summed E-state index contributed by atoms with van der Waals surface area (Å²) in [5.74, 6) is -0.222. The van der Waals surface area contributed by atoms with Crippen LogP contribution in [-0.4, -0.2) is 47.8 Å². The van der Waals surface area contributed by atoms with Crippen molar-refractivity contribution in [1.82, 2.24) is 14.1 Å². The van der Waals surface area contributed by atoms with Gasteiger partial charge in [-0.25, -0.2) is 12.7 Å². The van der Waals surface area contributed by atoms with Crippen LogP contribution in [0.3, 0.4) is 0 Å². The van der Waals surface area contributed by atoms with Gasteiger partial charge in [-0.15, -0.1) is 0 Å². The highest BCUT2D eigenvalue weighted by atomic mass is 35.5. The minimum atomic E-state index is -3.30. The number of nitrogens with one attached hydrogen (secondary N) is 1. The smallest absolute Gasteiger partial charge is 0.230 e. The van der Waals surface area contributed by atoms with Gasteiger partial charge in [-0.2, -0.15) is 5.10 Å². The number of aromatic nitrogens is 2. The van der Waals surface area contributed by atoms with Gasteiger partial charge in [0.05, 0.1) is 18.7 Å². The summed E-state index contributed by atoms with van der Waals surface area (Å²) in [6.07, 6.45) is 4.19. The molecule has 7 nitrogen and oxygen atoms in total. The lowest BCUT2D eigenvalue weighted by molar-refractivity contribution is -0.120. The standard InChI is InChI=1S/C17H20Cl2N4O3S/c1-27(25,26)23-8-3-4-12(10-23)17(24)20-16-7-9-22(21-16)11-13-14(18)5-2-6-15(13)19/h2,5-7,9,12H,3-4,8,10-11H2,1H3,(H,20,21,24)/t12-/m0/s1. The third-order valence-corrected chi connectivity index (χ3v) is 6.48. The van der Waals surface area contributed by atoms with Crippen LogP contribution in [0.5, 0.6) is 0 Å². The summed E-state index contributed by atoms with van der Waals surface area (Å²) in [6.45, 7) is 1.02. The van der Waals surface area contributed by atoms with Crippen molar-refractivity contribution in [3.63, 3.8) is 0 Å². The van der Waals surface area contributed by atoms with Gasteiger partial charge in [0, 0.05) is 41.0 Å². The Kier molecular flexibility index (Phi) is 6.10. The van der Waals surface area contributed by atoms with E-state index in [4.69, 9.17) is 23.2 Å². The van der Waals surface area contributed by atoms with Gasteiger partial charge in [0.15, 0.2) is 5.82 Å². The van der Waals surface area contributed by atoms with E-state index < -0.39 is 15.9 Å². The van der Waals surface area contributed by atoms with E-state index in [0.29, 0.717) is 41.8 Å². The fourth-order valence-electron chi connectivity index (χ4n) is 3.05. The lowest BCUT2D eigenvalue weighted by Gasteiger charge is -2.29. The van der Waals surface area contributed by atoms with E-state index in [0.717, 1.165) is 11.8 Å². The average molecular weight is 431 g/mol. The SMILES string of the molecule is CS(=O)(=O)N1CCC[C@H](C(=O)Nc2ccn(Cc3c(Cl)cccc3Cl)n2)C1. The van der Waals surface area contributed by atoms with Gasteiger partial charge in [-0.05, 0) is 25.0 Å². The zero-order valence-electron chi connectivity index (χ0n) is 14.7. The molecule has 0 aliphatic carbocycles. The van der Waals surface area contributed by atoms with Crippen molar-refractivity contribution in [2.75, 3.05) is 24.7 Å². The number of carbonyl (C=O) groups is 1. The highest BCUT2D eigenvalue weighted by molar-refractivity contribution is 7.88. The Balaban J connectivity index is 1.64. The van der Waals surface area contributed by atoms with E-state index >= 15 is 0 Å². The molecule has 1 atom stereocenters. The summed E-state index contributed by atoms with van der Waals surface area (Å²) in [6, 6.07) is 6.96. The zero-order valence-corrected chi connectivity index (χ0v) is 17.1. The van der Waals surface area contributed by atoms with Crippen LogP contribution in [0.2, 0.25) is 10.0 Å². The van der Waals surface area contributed by atoms with E-state index in [1.54, 1.807) is 35.1 Å². The number of anilines is 1. The Labute approximate surface area is 168 Å². The third-order valence-electron chi connectivity index (χ3n) is 4.50. The molecule has 3 rings (SSSR count). The average Bonchev–Trinajstić information content (AvgIpc) is 3.05. The Bertz CT molecular complexity index is 925. The molecule has 2 aromatic rings. The monoisotopic (exact) mass is 430 g/mol. The Morgan fingerprint density at radius 1 is 1.30 bits per heavy atom. The maximum Gasteiger partial charge on any atom is 0.230 e. The number of hydrogen-bond acceptors (Lipinski definition) is 4. The molecule has 0 unspecified atom stereocenters. The van der Waals surface area contributed by atoms with E-state index in [1.807, 2.05) is 0 Å². The molecule has 0 bridgehead atoms. The molecule has 1 aromatic heterocycles. The summed E-state index contributed by atoms with van der Waals surface area (Å²) in [5.41, 5.74) is 0.748. The lowest BCUT2D eigenvalue weighted by Crippen LogP contribution is -2.43. The lowest BCUT2D eigenvalue weighted by atomic mass is 9.99. The molecule has 0 saturated carbocycles. The van der Waals surface area contributed by atoms with Crippen molar-refractivity contribution in [3.8, 4) is 0 Å². The number of halogens is 2. The number of nitrogens with zero attached hydrogens (tertiary/aromatic N) is 3. The van der Waals surface area contributed by atoms with Crippen LogP contribution in [-0.2, 0) is 21.4 Å². The summed E-state index contributed by atoms with van der Waals surface area (Å²) in [7, 11) is -3.30. The molecule has 10 heteroatoms. The number of piperidine rings is 1. The topological polar surface area (TPSA) is 84.3 Å². The molecule has 1 amide bonds. The van der Waals surface area contributed by atoms with Gasteiger partial charge in [-0.1, -0.05) is 29.3 Å². The molecule has 0 radical (unpaired) electrons. The maximum absolute atomic E-state index is 12.5. The highest BCUT2D eigenvalue weighted by Crippen LogP contribution is 2.25. The molecule has 1 N–H and O–H groups in total. The summed E-state index contributed by atoms with van der Waals surface area (Å²) in [4.78, 5) is 12.5. The molecular formula is C17H20Cl2N4O3S. The molecule has 1 aliphatic heterocycles. The van der Waals surface area contributed by atoms with Crippen molar-refractivity contribution < 1.29 is 13.2 Å². The van der Waals surface area contributed by atoms with Crippen LogP contribution in [0.25, 0.3) is 0 Å². The molecule has 1 saturated heterocycles. The van der Waals surface area contributed by atoms with Crippen LogP contribution < -0.4 is 5.32 Å². The molecule has 146 valence electrons. The Morgan fingerprint density at radius 2 is 2.00 bits per heavy atom. The first-order chi connectivity index (χ1) is 12.7. The van der Waals surface area contributed by atoms with Gasteiger partial charge in [0.2, 0.25) is 15.9 Å². The van der Waals surface area contributed by atoms with Gasteiger partial charge in [0.1, 0.15) is 0 Å². The van der Waals surface area contributed by atoms with Gasteiger partial charge in [-0.3, -0.25) is 9.48 Å². The first kappa shape index (κ1) is 20.1. The van der Waals surface area contributed by atoms with Gasteiger partial charge < -0.3 is 5.32 Å². The Hall–Kier alpha value is -1.61. The van der Waals surface area contributed by atoms with E-state index in [9.17, 15) is 13.2 Å². The number of sulfonamides is 1. The number of hydrogen-bond donors (Lipinski definition) is 1. The van der Waals surface area contributed by atoms with E-state index in [-0.39, 0.29) is 12.5 Å². The first-order valence-corrected chi connectivity index (χ1v) is 11.1. The van der Waals surface area contributed by atoms with Crippen molar-refractivity contribution in [1.29, 1.82) is 0 Å². The van der Waals surface area contributed by atoms with Crippen molar-refractivity contribution >= 4 is 45.0 Å². The normalized spacial score (nSPS) is 18.4. The second-order valence-corrected chi connectivity index (χ2v) is 9.35. The Morgan fingerprint density at radius 3 is 2.67 bits per heavy atom. The second kappa shape index (κ2) is 8.18. The zero-order chi connectivity index (χ0) is 19.6. The van der Waals surface area contributed by atoms with Crippen molar-refractivity contribution in [2.24, 2.45) is 5.92 Å². The van der Waals surface area contributed by atoms with Crippen LogP contribution in [0.4, 0.5) is 5.82 Å². The van der Waals surface area contributed by atoms with Crippen LogP contribution in [0.15, 0.2) is 30.5 Å².